The quantitative estimate of drug-likeness (QED) is 0.371. The molecule has 3 aromatic carbocycles. The second-order valence-electron chi connectivity index (χ2n) is 6.84. The van der Waals surface area contributed by atoms with Crippen molar-refractivity contribution < 1.29 is 19.5 Å². The number of thioether (sulfide) groups is 1. The molecule has 0 aromatic heterocycles. The Hall–Kier alpha value is -3.84. The van der Waals surface area contributed by atoms with E-state index in [1.807, 2.05) is 60.7 Å². The fourth-order valence-corrected chi connectivity index (χ4v) is 3.62. The summed E-state index contributed by atoms with van der Waals surface area (Å²) in [4.78, 5) is 38.3. The van der Waals surface area contributed by atoms with Gasteiger partial charge in [0.25, 0.3) is 0 Å². The van der Waals surface area contributed by atoms with Crippen molar-refractivity contribution in [3.8, 4) is 0 Å². The second kappa shape index (κ2) is 11.0. The molecule has 0 spiro atoms. The first kappa shape index (κ1) is 22.8. The third-order valence-corrected chi connectivity index (χ3v) is 5.44. The molecule has 3 rings (SSSR count). The molecule has 7 heteroatoms. The Labute approximate surface area is 190 Å². The Balaban J connectivity index is 1.65. The average Bonchev–Trinajstić information content (AvgIpc) is 2.80. The van der Waals surface area contributed by atoms with Crippen LogP contribution in [0, 0.1) is 0 Å². The zero-order valence-electron chi connectivity index (χ0n) is 17.4. The SMILES string of the molecule is CC(=CC(=O)Nc1ccc(SCC(=O)N(c2ccccc2)c2ccccc2)cc1)C(=O)O. The highest BCUT2D eigenvalue weighted by molar-refractivity contribution is 8.00. The van der Waals surface area contributed by atoms with E-state index in [0.717, 1.165) is 22.3 Å². The summed E-state index contributed by atoms with van der Waals surface area (Å²) < 4.78 is 0. The van der Waals surface area contributed by atoms with Gasteiger partial charge in [-0.1, -0.05) is 36.4 Å². The molecule has 0 saturated heterocycles. The lowest BCUT2D eigenvalue weighted by Gasteiger charge is -2.23. The van der Waals surface area contributed by atoms with Gasteiger partial charge in [0.15, 0.2) is 0 Å². The van der Waals surface area contributed by atoms with Crippen LogP contribution in [0.5, 0.6) is 0 Å². The molecule has 0 saturated carbocycles. The Bertz CT molecular complexity index is 1070. The molecule has 0 fully saturated rings. The third kappa shape index (κ3) is 6.33. The van der Waals surface area contributed by atoms with Gasteiger partial charge < -0.3 is 10.4 Å². The third-order valence-electron chi connectivity index (χ3n) is 4.45. The van der Waals surface area contributed by atoms with E-state index >= 15 is 0 Å². The normalized spacial score (nSPS) is 11.0. The van der Waals surface area contributed by atoms with Crippen LogP contribution < -0.4 is 10.2 Å². The maximum Gasteiger partial charge on any atom is 0.331 e. The number of carboxylic acid groups (broad SMARTS) is 1. The number of nitrogens with one attached hydrogen (secondary N) is 1. The molecule has 0 atom stereocenters. The number of hydrogen-bond donors (Lipinski definition) is 2. The van der Waals surface area contributed by atoms with Gasteiger partial charge in [-0.15, -0.1) is 11.8 Å². The number of hydrogen-bond acceptors (Lipinski definition) is 4. The predicted octanol–water partition coefficient (Wildman–Crippen LogP) is 5.11. The summed E-state index contributed by atoms with van der Waals surface area (Å²) in [5, 5.41) is 11.5. The molecule has 162 valence electrons. The van der Waals surface area contributed by atoms with Crippen LogP contribution in [-0.2, 0) is 14.4 Å². The van der Waals surface area contributed by atoms with Crippen molar-refractivity contribution >= 4 is 46.6 Å². The van der Waals surface area contributed by atoms with Gasteiger partial charge in [-0.3, -0.25) is 14.5 Å². The van der Waals surface area contributed by atoms with Gasteiger partial charge in [-0.05, 0) is 55.5 Å². The van der Waals surface area contributed by atoms with Gasteiger partial charge in [0.2, 0.25) is 11.8 Å². The highest BCUT2D eigenvalue weighted by atomic mass is 32.2. The van der Waals surface area contributed by atoms with Crippen LogP contribution in [0.3, 0.4) is 0 Å². The fraction of sp³-hybridized carbons (Fsp3) is 0.0800. The first-order valence-corrected chi connectivity index (χ1v) is 10.8. The highest BCUT2D eigenvalue weighted by Crippen LogP contribution is 2.28. The molecule has 2 amide bonds. The van der Waals surface area contributed by atoms with Gasteiger partial charge in [0, 0.05) is 33.6 Å². The molecular weight excluding hydrogens is 424 g/mol. The number of para-hydroxylation sites is 2. The zero-order valence-corrected chi connectivity index (χ0v) is 18.2. The monoisotopic (exact) mass is 446 g/mol. The van der Waals surface area contributed by atoms with E-state index in [0.29, 0.717) is 5.69 Å². The number of amides is 2. The van der Waals surface area contributed by atoms with Gasteiger partial charge in [-0.2, -0.15) is 0 Å². The van der Waals surface area contributed by atoms with E-state index in [9.17, 15) is 14.4 Å². The van der Waals surface area contributed by atoms with E-state index in [1.54, 1.807) is 29.2 Å². The minimum atomic E-state index is -1.14. The average molecular weight is 447 g/mol. The molecule has 0 unspecified atom stereocenters. The van der Waals surface area contributed by atoms with E-state index in [1.165, 1.54) is 18.7 Å². The summed E-state index contributed by atoms with van der Waals surface area (Å²) in [7, 11) is 0. The zero-order chi connectivity index (χ0) is 22.9. The van der Waals surface area contributed by atoms with Crippen LogP contribution in [0.1, 0.15) is 6.92 Å². The molecule has 0 aliphatic rings. The Morgan fingerprint density at radius 1 is 0.875 bits per heavy atom. The van der Waals surface area contributed by atoms with E-state index in [4.69, 9.17) is 5.11 Å². The molecular formula is C25H22N2O4S. The predicted molar refractivity (Wildman–Crippen MR) is 127 cm³/mol. The smallest absolute Gasteiger partial charge is 0.331 e. The molecule has 0 heterocycles. The standard InChI is InChI=1S/C25H22N2O4S/c1-18(25(30)31)16-23(28)26-19-12-14-22(15-13-19)32-17-24(29)27(20-8-4-2-5-9-20)21-10-6-3-7-11-21/h2-16H,17H2,1H3,(H,26,28)(H,30,31). The number of carbonyl (C=O) groups is 3. The number of carboxylic acids is 1. The number of aliphatic carboxylic acids is 1. The molecule has 0 aliphatic carbocycles. The summed E-state index contributed by atoms with van der Waals surface area (Å²) in [5.41, 5.74) is 2.09. The Morgan fingerprint density at radius 3 is 1.91 bits per heavy atom. The lowest BCUT2D eigenvalue weighted by atomic mass is 10.2. The van der Waals surface area contributed by atoms with Crippen molar-refractivity contribution in [2.75, 3.05) is 16.0 Å². The summed E-state index contributed by atoms with van der Waals surface area (Å²) in [6.45, 7) is 1.35. The van der Waals surface area contributed by atoms with Crippen LogP contribution in [0.15, 0.2) is 101 Å². The number of anilines is 3. The van der Waals surface area contributed by atoms with Crippen molar-refractivity contribution in [1.82, 2.24) is 0 Å². The van der Waals surface area contributed by atoms with Gasteiger partial charge in [-0.25, -0.2) is 4.79 Å². The van der Waals surface area contributed by atoms with Gasteiger partial charge in [0.1, 0.15) is 0 Å². The van der Waals surface area contributed by atoms with Crippen LogP contribution in [-0.4, -0.2) is 28.6 Å². The molecule has 3 aromatic rings. The van der Waals surface area contributed by atoms with E-state index in [2.05, 4.69) is 5.32 Å². The van der Waals surface area contributed by atoms with Crippen molar-refractivity contribution in [3.05, 3.63) is 96.6 Å². The van der Waals surface area contributed by atoms with Gasteiger partial charge in [0.05, 0.1) is 5.75 Å². The molecule has 32 heavy (non-hydrogen) atoms. The van der Waals surface area contributed by atoms with Crippen molar-refractivity contribution in [1.29, 1.82) is 0 Å². The highest BCUT2D eigenvalue weighted by Gasteiger charge is 2.18. The molecule has 6 nitrogen and oxygen atoms in total. The van der Waals surface area contributed by atoms with Gasteiger partial charge >= 0.3 is 5.97 Å². The minimum Gasteiger partial charge on any atom is -0.478 e. The minimum absolute atomic E-state index is 0.0467. The number of carbonyl (C=O) groups excluding carboxylic acids is 2. The summed E-state index contributed by atoms with van der Waals surface area (Å²) >= 11 is 1.39. The van der Waals surface area contributed by atoms with E-state index < -0.39 is 11.9 Å². The lowest BCUT2D eigenvalue weighted by Crippen LogP contribution is -2.27. The number of nitrogens with zero attached hydrogens (tertiary/aromatic N) is 1. The fourth-order valence-electron chi connectivity index (χ4n) is 2.87. The summed E-state index contributed by atoms with van der Waals surface area (Å²) in [5.74, 6) is -1.48. The second-order valence-corrected chi connectivity index (χ2v) is 7.88. The Kier molecular flexibility index (Phi) is 7.83. The first-order valence-electron chi connectivity index (χ1n) is 9.82. The summed E-state index contributed by atoms with van der Waals surface area (Å²) in [6, 6.07) is 26.0. The largest absolute Gasteiger partial charge is 0.478 e. The maximum absolute atomic E-state index is 13.1. The van der Waals surface area contributed by atoms with Crippen molar-refractivity contribution in [3.63, 3.8) is 0 Å². The summed E-state index contributed by atoms with van der Waals surface area (Å²) in [6.07, 6.45) is 1.03. The molecule has 0 radical (unpaired) electrons. The van der Waals surface area contributed by atoms with Crippen molar-refractivity contribution in [2.45, 2.75) is 11.8 Å². The van der Waals surface area contributed by atoms with Crippen LogP contribution >= 0.6 is 11.8 Å². The van der Waals surface area contributed by atoms with Crippen molar-refractivity contribution in [2.24, 2.45) is 0 Å². The lowest BCUT2D eigenvalue weighted by molar-refractivity contribution is -0.132. The molecule has 0 bridgehead atoms. The first-order chi connectivity index (χ1) is 15.4. The van der Waals surface area contributed by atoms with Crippen LogP contribution in [0.2, 0.25) is 0 Å². The topological polar surface area (TPSA) is 86.7 Å². The molecule has 2 N–H and O–H groups in total. The van der Waals surface area contributed by atoms with Crippen LogP contribution in [0.25, 0.3) is 0 Å². The van der Waals surface area contributed by atoms with E-state index in [-0.39, 0.29) is 17.2 Å². The maximum atomic E-state index is 13.1. The number of benzene rings is 3. The number of rotatable bonds is 8. The Morgan fingerprint density at radius 2 is 1.41 bits per heavy atom. The van der Waals surface area contributed by atoms with Crippen LogP contribution in [0.4, 0.5) is 17.1 Å². The molecule has 0 aliphatic heterocycles.